The van der Waals surface area contributed by atoms with Crippen LogP contribution in [-0.2, 0) is 16.1 Å². The Hall–Kier alpha value is -2.10. The molecule has 4 unspecified atom stereocenters. The van der Waals surface area contributed by atoms with Crippen LogP contribution in [0.3, 0.4) is 0 Å². The van der Waals surface area contributed by atoms with Gasteiger partial charge in [0.1, 0.15) is 0 Å². The number of carbonyl (C=O) groups is 3. The average molecular weight is 391 g/mol. The molecule has 0 bridgehead atoms. The molecule has 3 N–H and O–H groups in total. The van der Waals surface area contributed by atoms with Gasteiger partial charge in [0, 0.05) is 20.6 Å². The quantitative estimate of drug-likeness (QED) is 0.671. The van der Waals surface area contributed by atoms with Gasteiger partial charge >= 0.3 is 6.03 Å². The first-order valence-electron chi connectivity index (χ1n) is 8.87. The van der Waals surface area contributed by atoms with E-state index in [1.54, 1.807) is 11.9 Å². The van der Waals surface area contributed by atoms with Crippen LogP contribution in [0.5, 0.6) is 0 Å². The summed E-state index contributed by atoms with van der Waals surface area (Å²) in [5.41, 5.74) is 1.04. The fourth-order valence-electron chi connectivity index (χ4n) is 3.38. The molecule has 2 fully saturated rings. The van der Waals surface area contributed by atoms with Crippen LogP contribution in [0.15, 0.2) is 30.3 Å². The molecule has 146 valence electrons. The van der Waals surface area contributed by atoms with E-state index in [9.17, 15) is 14.4 Å². The fraction of sp³-hybridized carbons (Fsp3) is 0.500. The van der Waals surface area contributed by atoms with Crippen LogP contribution in [0.25, 0.3) is 0 Å². The van der Waals surface area contributed by atoms with Gasteiger partial charge in [-0.3, -0.25) is 25.1 Å². The predicted octanol–water partition coefficient (Wildman–Crippen LogP) is 0.367. The zero-order valence-electron chi connectivity index (χ0n) is 15.6. The Labute approximate surface area is 163 Å². The third-order valence-corrected chi connectivity index (χ3v) is 6.07. The second-order valence-corrected chi connectivity index (χ2v) is 7.94. The van der Waals surface area contributed by atoms with Crippen LogP contribution in [0, 0.1) is 5.92 Å². The van der Waals surface area contributed by atoms with E-state index >= 15 is 0 Å². The molecule has 2 heterocycles. The molecule has 0 saturated carbocycles. The van der Waals surface area contributed by atoms with Gasteiger partial charge in [0.25, 0.3) is 0 Å². The van der Waals surface area contributed by atoms with Crippen LogP contribution in [0.2, 0.25) is 0 Å². The maximum Gasteiger partial charge on any atom is 0.327 e. The van der Waals surface area contributed by atoms with Crippen molar-refractivity contribution in [2.24, 2.45) is 5.92 Å². The Morgan fingerprint density at radius 1 is 1.19 bits per heavy atom. The van der Waals surface area contributed by atoms with Gasteiger partial charge in [0.05, 0.1) is 29.4 Å². The molecular weight excluding hydrogens is 366 g/mol. The summed E-state index contributed by atoms with van der Waals surface area (Å²) in [5.74, 6) is -0.554. The summed E-state index contributed by atoms with van der Waals surface area (Å²) in [5, 5.41) is 9.19. The van der Waals surface area contributed by atoms with Crippen LogP contribution in [-0.4, -0.2) is 65.2 Å². The van der Waals surface area contributed by atoms with Crippen LogP contribution in [0.4, 0.5) is 4.79 Å². The number of amides is 4. The molecule has 4 atom stereocenters. The topological polar surface area (TPSA) is 93.8 Å². The number of imide groups is 1. The van der Waals surface area contributed by atoms with Gasteiger partial charge in [-0.2, -0.15) is 0 Å². The van der Waals surface area contributed by atoms with Crippen molar-refractivity contribution in [2.45, 2.75) is 31.2 Å². The molecule has 3 rings (SSSR count). The first-order valence-corrected chi connectivity index (χ1v) is 9.92. The summed E-state index contributed by atoms with van der Waals surface area (Å²) in [6.07, 6.45) is -0.468. The summed E-state index contributed by atoms with van der Waals surface area (Å²) >= 11 is 1.39. The van der Waals surface area contributed by atoms with E-state index in [0.29, 0.717) is 6.54 Å². The molecule has 1 aromatic carbocycles. The zero-order chi connectivity index (χ0) is 19.6. The van der Waals surface area contributed by atoms with Gasteiger partial charge in [0.15, 0.2) is 0 Å². The van der Waals surface area contributed by atoms with Crippen LogP contribution < -0.4 is 16.0 Å². The summed E-state index contributed by atoms with van der Waals surface area (Å²) in [6.45, 7) is 2.40. The molecule has 9 heteroatoms. The lowest BCUT2D eigenvalue weighted by atomic mass is 9.97. The summed E-state index contributed by atoms with van der Waals surface area (Å²) in [7, 11) is 3.17. The summed E-state index contributed by atoms with van der Waals surface area (Å²) in [6, 6.07) is 9.38. The predicted molar refractivity (Wildman–Crippen MR) is 103 cm³/mol. The molecule has 0 radical (unpaired) electrons. The number of urea groups is 1. The second kappa shape index (κ2) is 8.28. The third-order valence-electron chi connectivity index (χ3n) is 4.85. The SMILES string of the molecule is CC1NC(SCC(=O)NCc2ccccc2)C2C(=O)N(C)C(=O)N(C)C2N1. The molecule has 2 aliphatic heterocycles. The van der Waals surface area contributed by atoms with Gasteiger partial charge < -0.3 is 10.2 Å². The molecule has 4 amide bonds. The smallest absolute Gasteiger partial charge is 0.327 e. The molecule has 2 aliphatic rings. The first kappa shape index (κ1) is 19.7. The Balaban J connectivity index is 1.60. The standard InChI is InChI=1S/C18H25N5O3S/c1-11-20-15-14(17(25)23(3)18(26)22(15)2)16(21-11)27-10-13(24)19-9-12-7-5-4-6-8-12/h4-8,11,14-16,20-21H,9-10H2,1-3H3,(H,19,24). The average Bonchev–Trinajstić information content (AvgIpc) is 2.67. The Morgan fingerprint density at radius 2 is 1.89 bits per heavy atom. The molecule has 27 heavy (non-hydrogen) atoms. The summed E-state index contributed by atoms with van der Waals surface area (Å²) < 4.78 is 0. The van der Waals surface area contributed by atoms with Crippen LogP contribution >= 0.6 is 11.8 Å². The highest BCUT2D eigenvalue weighted by atomic mass is 32.2. The minimum absolute atomic E-state index is 0.0809. The highest BCUT2D eigenvalue weighted by Crippen LogP contribution is 2.31. The van der Waals surface area contributed by atoms with Gasteiger partial charge in [0.2, 0.25) is 11.8 Å². The number of benzene rings is 1. The minimum atomic E-state index is -0.458. The molecular formula is C18H25N5O3S. The van der Waals surface area contributed by atoms with E-state index in [2.05, 4.69) is 16.0 Å². The number of thioether (sulfide) groups is 1. The largest absolute Gasteiger partial charge is 0.351 e. The van der Waals surface area contributed by atoms with Crippen LogP contribution in [0.1, 0.15) is 12.5 Å². The number of hydrogen-bond donors (Lipinski definition) is 3. The van der Waals surface area contributed by atoms with Crippen molar-refractivity contribution < 1.29 is 14.4 Å². The lowest BCUT2D eigenvalue weighted by Crippen LogP contribution is -2.73. The third kappa shape index (κ3) is 4.26. The normalized spacial score (nSPS) is 28.1. The maximum absolute atomic E-state index is 12.7. The fourth-order valence-corrected chi connectivity index (χ4v) is 4.58. The number of hydrogen-bond acceptors (Lipinski definition) is 6. The lowest BCUT2D eigenvalue weighted by molar-refractivity contribution is -0.140. The molecule has 0 aliphatic carbocycles. The number of nitrogens with zero attached hydrogens (tertiary/aromatic N) is 2. The molecule has 2 saturated heterocycles. The lowest BCUT2D eigenvalue weighted by Gasteiger charge is -2.49. The van der Waals surface area contributed by atoms with Gasteiger partial charge in [-0.15, -0.1) is 11.8 Å². The van der Waals surface area contributed by atoms with Crippen molar-refractivity contribution in [1.29, 1.82) is 0 Å². The van der Waals surface area contributed by atoms with Gasteiger partial charge in [-0.25, -0.2) is 4.79 Å². The number of carbonyl (C=O) groups excluding carboxylic acids is 3. The highest BCUT2D eigenvalue weighted by molar-refractivity contribution is 8.00. The molecule has 0 spiro atoms. The van der Waals surface area contributed by atoms with Crippen molar-refractivity contribution in [3.05, 3.63) is 35.9 Å². The maximum atomic E-state index is 12.7. The van der Waals surface area contributed by atoms with Crippen molar-refractivity contribution in [3.63, 3.8) is 0 Å². The number of fused-ring (bicyclic) bond motifs is 1. The van der Waals surface area contributed by atoms with E-state index in [-0.39, 0.29) is 41.3 Å². The van der Waals surface area contributed by atoms with Crippen molar-refractivity contribution in [3.8, 4) is 0 Å². The zero-order valence-corrected chi connectivity index (χ0v) is 16.5. The van der Waals surface area contributed by atoms with E-state index in [0.717, 1.165) is 10.5 Å². The Morgan fingerprint density at radius 3 is 2.59 bits per heavy atom. The highest BCUT2D eigenvalue weighted by Gasteiger charge is 2.50. The Bertz CT molecular complexity index is 716. The molecule has 1 aromatic rings. The summed E-state index contributed by atoms with van der Waals surface area (Å²) in [4.78, 5) is 39.8. The van der Waals surface area contributed by atoms with E-state index in [1.165, 1.54) is 18.8 Å². The number of nitrogens with one attached hydrogen (secondary N) is 3. The van der Waals surface area contributed by atoms with Crippen molar-refractivity contribution in [1.82, 2.24) is 25.8 Å². The van der Waals surface area contributed by atoms with Gasteiger partial charge in [-0.1, -0.05) is 30.3 Å². The minimum Gasteiger partial charge on any atom is -0.351 e. The second-order valence-electron chi connectivity index (χ2n) is 6.81. The monoisotopic (exact) mass is 391 g/mol. The number of rotatable bonds is 5. The molecule has 0 aromatic heterocycles. The van der Waals surface area contributed by atoms with E-state index < -0.39 is 5.92 Å². The molecule has 8 nitrogen and oxygen atoms in total. The first-order chi connectivity index (χ1) is 12.9. The van der Waals surface area contributed by atoms with Crippen molar-refractivity contribution in [2.75, 3.05) is 19.8 Å². The van der Waals surface area contributed by atoms with E-state index in [1.807, 2.05) is 37.3 Å². The van der Waals surface area contributed by atoms with Gasteiger partial charge in [-0.05, 0) is 12.5 Å². The Kier molecular flexibility index (Phi) is 6.03. The van der Waals surface area contributed by atoms with E-state index in [4.69, 9.17) is 0 Å². The van der Waals surface area contributed by atoms with Crippen molar-refractivity contribution >= 4 is 29.6 Å².